The predicted octanol–water partition coefficient (Wildman–Crippen LogP) is 1.25. The van der Waals surface area contributed by atoms with Gasteiger partial charge in [0.15, 0.2) is 0 Å². The lowest BCUT2D eigenvalue weighted by atomic mass is 10.1. The van der Waals surface area contributed by atoms with Gasteiger partial charge in [0, 0.05) is 31.3 Å². The number of nitrogens with one attached hydrogen (secondary N) is 2. The van der Waals surface area contributed by atoms with Gasteiger partial charge in [-0.05, 0) is 5.56 Å². The Labute approximate surface area is 112 Å². The standard InChI is InChI=1S/C13H19N3O3/c1-10(2)14-7-8-15-13(17)9-11-3-5-12(6-4-11)16(18)19/h3-6,10,14H,7-9H2,1-2H3,(H,15,17). The van der Waals surface area contributed by atoms with Crippen LogP contribution in [0.15, 0.2) is 24.3 Å². The molecule has 0 bridgehead atoms. The van der Waals surface area contributed by atoms with Crippen LogP contribution >= 0.6 is 0 Å². The number of nitro benzene ring substituents is 1. The van der Waals surface area contributed by atoms with E-state index in [9.17, 15) is 14.9 Å². The van der Waals surface area contributed by atoms with Crippen molar-refractivity contribution in [3.63, 3.8) is 0 Å². The Morgan fingerprint density at radius 3 is 2.42 bits per heavy atom. The van der Waals surface area contributed by atoms with Gasteiger partial charge in [-0.1, -0.05) is 26.0 Å². The molecular formula is C13H19N3O3. The number of benzene rings is 1. The van der Waals surface area contributed by atoms with Crippen molar-refractivity contribution >= 4 is 11.6 Å². The van der Waals surface area contributed by atoms with E-state index in [4.69, 9.17) is 0 Å². The van der Waals surface area contributed by atoms with Crippen molar-refractivity contribution in [2.24, 2.45) is 0 Å². The molecule has 2 N–H and O–H groups in total. The second-order valence-electron chi connectivity index (χ2n) is 4.56. The minimum absolute atomic E-state index is 0.0327. The van der Waals surface area contributed by atoms with Crippen LogP contribution in [0.4, 0.5) is 5.69 Å². The fraction of sp³-hybridized carbons (Fsp3) is 0.462. The third-order valence-corrected chi connectivity index (χ3v) is 2.51. The zero-order valence-electron chi connectivity index (χ0n) is 11.2. The molecule has 0 unspecified atom stereocenters. The van der Waals surface area contributed by atoms with Gasteiger partial charge in [0.1, 0.15) is 0 Å². The Hall–Kier alpha value is -1.95. The zero-order chi connectivity index (χ0) is 14.3. The molecule has 0 atom stereocenters. The van der Waals surface area contributed by atoms with Gasteiger partial charge in [-0.2, -0.15) is 0 Å². The van der Waals surface area contributed by atoms with E-state index in [1.165, 1.54) is 12.1 Å². The monoisotopic (exact) mass is 265 g/mol. The molecule has 0 spiro atoms. The number of nitro groups is 1. The largest absolute Gasteiger partial charge is 0.355 e. The normalized spacial score (nSPS) is 10.5. The molecule has 0 saturated heterocycles. The molecule has 0 saturated carbocycles. The van der Waals surface area contributed by atoms with Crippen LogP contribution in [0.3, 0.4) is 0 Å². The molecule has 0 aromatic heterocycles. The average Bonchev–Trinajstić information content (AvgIpc) is 2.35. The summed E-state index contributed by atoms with van der Waals surface area (Å²) in [6.45, 7) is 5.38. The Bertz CT molecular complexity index is 429. The van der Waals surface area contributed by atoms with Crippen molar-refractivity contribution in [2.75, 3.05) is 13.1 Å². The average molecular weight is 265 g/mol. The van der Waals surface area contributed by atoms with E-state index in [1.807, 2.05) is 13.8 Å². The highest BCUT2D eigenvalue weighted by molar-refractivity contribution is 5.78. The number of hydrogen-bond donors (Lipinski definition) is 2. The Balaban J connectivity index is 2.34. The molecule has 0 aliphatic carbocycles. The topological polar surface area (TPSA) is 84.3 Å². The van der Waals surface area contributed by atoms with Crippen molar-refractivity contribution in [3.05, 3.63) is 39.9 Å². The minimum atomic E-state index is -0.457. The van der Waals surface area contributed by atoms with Crippen molar-refractivity contribution < 1.29 is 9.72 Å². The van der Waals surface area contributed by atoms with Crippen LogP contribution in [0.25, 0.3) is 0 Å². The number of carbonyl (C=O) groups is 1. The predicted molar refractivity (Wildman–Crippen MR) is 72.9 cm³/mol. The summed E-state index contributed by atoms with van der Waals surface area (Å²) in [6, 6.07) is 6.41. The number of rotatable bonds is 7. The summed E-state index contributed by atoms with van der Waals surface area (Å²) in [5.41, 5.74) is 0.796. The fourth-order valence-electron chi connectivity index (χ4n) is 1.55. The summed E-state index contributed by atoms with van der Waals surface area (Å²) in [5.74, 6) is -0.0839. The van der Waals surface area contributed by atoms with Crippen molar-refractivity contribution in [1.29, 1.82) is 0 Å². The van der Waals surface area contributed by atoms with Gasteiger partial charge in [-0.15, -0.1) is 0 Å². The number of amides is 1. The first-order valence-corrected chi connectivity index (χ1v) is 6.22. The van der Waals surface area contributed by atoms with E-state index in [0.717, 1.165) is 12.1 Å². The van der Waals surface area contributed by atoms with E-state index < -0.39 is 4.92 Å². The molecule has 1 rings (SSSR count). The maximum absolute atomic E-state index is 11.6. The van der Waals surface area contributed by atoms with Crippen LogP contribution in [0.2, 0.25) is 0 Å². The lowest BCUT2D eigenvalue weighted by Gasteiger charge is -2.09. The SMILES string of the molecule is CC(C)NCCNC(=O)Cc1ccc([N+](=O)[O-])cc1. The number of non-ortho nitro benzene ring substituents is 1. The molecule has 0 aliphatic heterocycles. The van der Waals surface area contributed by atoms with E-state index in [0.29, 0.717) is 12.6 Å². The number of hydrogen-bond acceptors (Lipinski definition) is 4. The molecule has 1 aromatic rings. The van der Waals surface area contributed by atoms with Crippen molar-refractivity contribution in [1.82, 2.24) is 10.6 Å². The quantitative estimate of drug-likeness (QED) is 0.441. The van der Waals surface area contributed by atoms with Crippen LogP contribution < -0.4 is 10.6 Å². The first-order valence-electron chi connectivity index (χ1n) is 6.22. The molecule has 1 aromatic carbocycles. The van der Waals surface area contributed by atoms with Gasteiger partial charge >= 0.3 is 0 Å². The van der Waals surface area contributed by atoms with Crippen LogP contribution in [0.5, 0.6) is 0 Å². The third-order valence-electron chi connectivity index (χ3n) is 2.51. The zero-order valence-corrected chi connectivity index (χ0v) is 11.2. The van der Waals surface area contributed by atoms with E-state index >= 15 is 0 Å². The molecule has 0 fully saturated rings. The second-order valence-corrected chi connectivity index (χ2v) is 4.56. The Kier molecular flexibility index (Phi) is 5.95. The van der Waals surface area contributed by atoms with Gasteiger partial charge in [0.25, 0.3) is 5.69 Å². The molecule has 19 heavy (non-hydrogen) atoms. The lowest BCUT2D eigenvalue weighted by Crippen LogP contribution is -2.35. The first kappa shape index (κ1) is 15.1. The number of nitrogens with zero attached hydrogens (tertiary/aromatic N) is 1. The Morgan fingerprint density at radius 1 is 1.26 bits per heavy atom. The molecular weight excluding hydrogens is 246 g/mol. The summed E-state index contributed by atoms with van der Waals surface area (Å²) >= 11 is 0. The van der Waals surface area contributed by atoms with Crippen LogP contribution in [-0.4, -0.2) is 30.0 Å². The van der Waals surface area contributed by atoms with Crippen LogP contribution in [-0.2, 0) is 11.2 Å². The van der Waals surface area contributed by atoms with Crippen molar-refractivity contribution in [2.45, 2.75) is 26.3 Å². The molecule has 0 radical (unpaired) electrons. The molecule has 104 valence electrons. The van der Waals surface area contributed by atoms with Crippen LogP contribution in [0, 0.1) is 10.1 Å². The fourth-order valence-corrected chi connectivity index (χ4v) is 1.55. The highest BCUT2D eigenvalue weighted by Crippen LogP contribution is 2.12. The highest BCUT2D eigenvalue weighted by atomic mass is 16.6. The molecule has 6 heteroatoms. The molecule has 0 heterocycles. The smallest absolute Gasteiger partial charge is 0.269 e. The summed E-state index contributed by atoms with van der Waals surface area (Å²) in [7, 11) is 0. The summed E-state index contributed by atoms with van der Waals surface area (Å²) in [6.07, 6.45) is 0.236. The maximum Gasteiger partial charge on any atom is 0.269 e. The van der Waals surface area contributed by atoms with Crippen LogP contribution in [0.1, 0.15) is 19.4 Å². The minimum Gasteiger partial charge on any atom is -0.355 e. The first-order chi connectivity index (χ1) is 8.99. The van der Waals surface area contributed by atoms with E-state index in [1.54, 1.807) is 12.1 Å². The van der Waals surface area contributed by atoms with Crippen molar-refractivity contribution in [3.8, 4) is 0 Å². The molecule has 0 aliphatic rings. The van der Waals surface area contributed by atoms with Gasteiger partial charge in [0.2, 0.25) is 5.91 Å². The summed E-state index contributed by atoms with van der Waals surface area (Å²) in [4.78, 5) is 21.6. The third kappa shape index (κ3) is 5.96. The maximum atomic E-state index is 11.6. The number of carbonyl (C=O) groups excluding carboxylic acids is 1. The molecule has 6 nitrogen and oxygen atoms in total. The van der Waals surface area contributed by atoms with E-state index in [-0.39, 0.29) is 18.0 Å². The summed E-state index contributed by atoms with van der Waals surface area (Å²) in [5, 5.41) is 16.5. The van der Waals surface area contributed by atoms with Gasteiger partial charge in [-0.25, -0.2) is 0 Å². The van der Waals surface area contributed by atoms with Gasteiger partial charge in [0.05, 0.1) is 11.3 Å². The van der Waals surface area contributed by atoms with Gasteiger partial charge in [-0.3, -0.25) is 14.9 Å². The van der Waals surface area contributed by atoms with Gasteiger partial charge < -0.3 is 10.6 Å². The molecule has 1 amide bonds. The summed E-state index contributed by atoms with van der Waals surface area (Å²) < 4.78 is 0. The lowest BCUT2D eigenvalue weighted by molar-refractivity contribution is -0.384. The second kappa shape index (κ2) is 7.48. The highest BCUT2D eigenvalue weighted by Gasteiger charge is 2.06. The van der Waals surface area contributed by atoms with E-state index in [2.05, 4.69) is 10.6 Å². The Morgan fingerprint density at radius 2 is 1.89 bits per heavy atom.